The molecule has 1 heterocycles. The average Bonchev–Trinajstić information content (AvgIpc) is 3.17. The zero-order valence-electron chi connectivity index (χ0n) is 16.5. The van der Waals surface area contributed by atoms with Gasteiger partial charge in [0, 0.05) is 17.0 Å². The summed E-state index contributed by atoms with van der Waals surface area (Å²) in [6.07, 6.45) is 3.88. The van der Waals surface area contributed by atoms with Gasteiger partial charge in [-0.1, -0.05) is 24.3 Å². The van der Waals surface area contributed by atoms with Crippen molar-refractivity contribution in [3.63, 3.8) is 0 Å². The summed E-state index contributed by atoms with van der Waals surface area (Å²) in [5, 5.41) is 19.2. The van der Waals surface area contributed by atoms with Crippen LogP contribution in [-0.2, 0) is 12.1 Å². The number of hydrogen-bond donors (Lipinski definition) is 3. The first-order valence-corrected chi connectivity index (χ1v) is 10.5. The Kier molecular flexibility index (Phi) is 9.04. The molecule has 0 bridgehead atoms. The number of thiophene rings is 1. The van der Waals surface area contributed by atoms with Gasteiger partial charge >= 0.3 is 0 Å². The van der Waals surface area contributed by atoms with Crippen molar-refractivity contribution in [2.45, 2.75) is 51.4 Å². The number of rotatable bonds is 8. The van der Waals surface area contributed by atoms with E-state index in [1.165, 1.54) is 6.42 Å². The fraction of sp³-hybridized carbons (Fsp3) is 0.476. The summed E-state index contributed by atoms with van der Waals surface area (Å²) in [7, 11) is 0. The highest BCUT2D eigenvalue weighted by Gasteiger charge is 2.24. The van der Waals surface area contributed by atoms with E-state index in [9.17, 15) is 5.11 Å². The second-order valence-corrected chi connectivity index (χ2v) is 8.03. The van der Waals surface area contributed by atoms with E-state index >= 15 is 0 Å². The Morgan fingerprint density at radius 1 is 1.25 bits per heavy atom. The van der Waals surface area contributed by atoms with E-state index in [1.54, 1.807) is 11.3 Å². The van der Waals surface area contributed by atoms with Gasteiger partial charge in [0.1, 0.15) is 11.4 Å². The SMILES string of the molecule is CCNC(=NCc1ccccc1OC1CCC1)NCC(C)(O)c1cccs1.I. The largest absolute Gasteiger partial charge is 0.490 e. The van der Waals surface area contributed by atoms with Gasteiger partial charge in [-0.05, 0) is 50.6 Å². The van der Waals surface area contributed by atoms with E-state index in [1.807, 2.05) is 49.6 Å². The highest BCUT2D eigenvalue weighted by atomic mass is 127. The van der Waals surface area contributed by atoms with E-state index in [2.05, 4.69) is 21.7 Å². The van der Waals surface area contributed by atoms with Crippen LogP contribution < -0.4 is 15.4 Å². The molecule has 2 aromatic rings. The minimum atomic E-state index is -0.935. The Balaban J connectivity index is 0.00000280. The molecule has 1 aromatic heterocycles. The van der Waals surface area contributed by atoms with Crippen LogP contribution in [0, 0.1) is 0 Å². The molecule has 1 aliphatic rings. The summed E-state index contributed by atoms with van der Waals surface area (Å²) in [6.45, 7) is 5.52. The summed E-state index contributed by atoms with van der Waals surface area (Å²) in [4.78, 5) is 5.62. The van der Waals surface area contributed by atoms with E-state index in [4.69, 9.17) is 4.74 Å². The third-order valence-electron chi connectivity index (χ3n) is 4.72. The molecular weight excluding hydrogens is 485 g/mol. The predicted molar refractivity (Wildman–Crippen MR) is 127 cm³/mol. The number of para-hydroxylation sites is 1. The number of hydrogen-bond acceptors (Lipinski definition) is 4. The number of nitrogens with one attached hydrogen (secondary N) is 2. The molecule has 5 nitrogen and oxygen atoms in total. The van der Waals surface area contributed by atoms with Crippen molar-refractivity contribution >= 4 is 41.3 Å². The van der Waals surface area contributed by atoms with E-state index in [-0.39, 0.29) is 24.0 Å². The normalized spacial score (nSPS) is 16.5. The number of guanidine groups is 1. The van der Waals surface area contributed by atoms with Gasteiger partial charge in [-0.25, -0.2) is 4.99 Å². The summed E-state index contributed by atoms with van der Waals surface area (Å²) < 4.78 is 6.09. The van der Waals surface area contributed by atoms with Gasteiger partial charge < -0.3 is 20.5 Å². The summed E-state index contributed by atoms with van der Waals surface area (Å²) in [6, 6.07) is 12.0. The number of nitrogens with zero attached hydrogens (tertiary/aromatic N) is 1. The summed E-state index contributed by atoms with van der Waals surface area (Å²) in [5.74, 6) is 1.61. The Labute approximate surface area is 188 Å². The third kappa shape index (κ3) is 6.35. The van der Waals surface area contributed by atoms with Crippen LogP contribution in [0.2, 0.25) is 0 Å². The fourth-order valence-corrected chi connectivity index (χ4v) is 3.64. The van der Waals surface area contributed by atoms with Crippen LogP contribution in [0.5, 0.6) is 5.75 Å². The van der Waals surface area contributed by atoms with E-state index in [0.29, 0.717) is 25.2 Å². The fourth-order valence-electron chi connectivity index (χ4n) is 2.85. The highest BCUT2D eigenvalue weighted by Crippen LogP contribution is 2.28. The monoisotopic (exact) mass is 515 g/mol. The minimum Gasteiger partial charge on any atom is -0.490 e. The maximum Gasteiger partial charge on any atom is 0.191 e. The Morgan fingerprint density at radius 2 is 2.04 bits per heavy atom. The Hall–Kier alpha value is -1.32. The van der Waals surface area contributed by atoms with Crippen molar-refractivity contribution in [3.8, 4) is 5.75 Å². The molecule has 1 aliphatic carbocycles. The van der Waals surface area contributed by atoms with E-state index in [0.717, 1.165) is 35.6 Å². The lowest BCUT2D eigenvalue weighted by atomic mass is 9.96. The topological polar surface area (TPSA) is 65.9 Å². The van der Waals surface area contributed by atoms with Crippen molar-refractivity contribution in [1.82, 2.24) is 10.6 Å². The Morgan fingerprint density at radius 3 is 2.68 bits per heavy atom. The van der Waals surface area contributed by atoms with Gasteiger partial charge in [0.15, 0.2) is 5.96 Å². The lowest BCUT2D eigenvalue weighted by molar-refractivity contribution is 0.0655. The first-order valence-electron chi connectivity index (χ1n) is 9.61. The van der Waals surface area contributed by atoms with Crippen LogP contribution in [0.15, 0.2) is 46.8 Å². The molecule has 1 aromatic carbocycles. The summed E-state index contributed by atoms with van der Waals surface area (Å²) in [5.41, 5.74) is 0.141. The van der Waals surface area contributed by atoms with Gasteiger partial charge in [-0.2, -0.15) is 0 Å². The number of aliphatic hydroxyl groups is 1. The molecule has 28 heavy (non-hydrogen) atoms. The first kappa shape index (κ1) is 23.0. The van der Waals surface area contributed by atoms with Gasteiger partial charge in [0.2, 0.25) is 0 Å². The van der Waals surface area contributed by atoms with Crippen molar-refractivity contribution in [3.05, 3.63) is 52.2 Å². The van der Waals surface area contributed by atoms with Gasteiger partial charge in [0.25, 0.3) is 0 Å². The van der Waals surface area contributed by atoms with Gasteiger partial charge in [-0.15, -0.1) is 35.3 Å². The smallest absolute Gasteiger partial charge is 0.191 e. The first-order chi connectivity index (χ1) is 13.1. The number of halogens is 1. The molecule has 0 spiro atoms. The molecule has 0 amide bonds. The maximum atomic E-state index is 10.7. The maximum absolute atomic E-state index is 10.7. The molecule has 1 fully saturated rings. The summed E-state index contributed by atoms with van der Waals surface area (Å²) >= 11 is 1.55. The average molecular weight is 515 g/mol. The van der Waals surface area contributed by atoms with Crippen LogP contribution in [0.25, 0.3) is 0 Å². The van der Waals surface area contributed by atoms with E-state index < -0.39 is 5.60 Å². The number of benzene rings is 1. The van der Waals surface area contributed by atoms with Crippen molar-refractivity contribution in [2.24, 2.45) is 4.99 Å². The van der Waals surface area contributed by atoms with Crippen LogP contribution in [0.1, 0.15) is 43.6 Å². The molecule has 3 N–H and O–H groups in total. The van der Waals surface area contributed by atoms with Crippen molar-refractivity contribution in [1.29, 1.82) is 0 Å². The van der Waals surface area contributed by atoms with Crippen LogP contribution >= 0.6 is 35.3 Å². The van der Waals surface area contributed by atoms with Crippen molar-refractivity contribution < 1.29 is 9.84 Å². The molecule has 0 aliphatic heterocycles. The van der Waals surface area contributed by atoms with Crippen LogP contribution in [-0.4, -0.2) is 30.3 Å². The van der Waals surface area contributed by atoms with Crippen LogP contribution in [0.4, 0.5) is 0 Å². The van der Waals surface area contributed by atoms with Crippen molar-refractivity contribution in [2.75, 3.05) is 13.1 Å². The Bertz CT molecular complexity index is 746. The molecule has 3 rings (SSSR count). The molecule has 154 valence electrons. The molecule has 1 atom stereocenters. The molecule has 0 saturated heterocycles. The van der Waals surface area contributed by atoms with Gasteiger partial charge in [-0.3, -0.25) is 0 Å². The lowest BCUT2D eigenvalue weighted by Gasteiger charge is -2.27. The third-order valence-corrected chi connectivity index (χ3v) is 5.85. The number of aliphatic imine (C=N–C) groups is 1. The lowest BCUT2D eigenvalue weighted by Crippen LogP contribution is -2.44. The zero-order chi connectivity index (χ0) is 19.1. The number of ether oxygens (including phenoxy) is 1. The molecule has 1 saturated carbocycles. The minimum absolute atomic E-state index is 0. The second-order valence-electron chi connectivity index (χ2n) is 7.08. The molecule has 0 radical (unpaired) electrons. The zero-order valence-corrected chi connectivity index (χ0v) is 19.6. The standard InChI is InChI=1S/C21H29N3O2S.HI/c1-3-22-20(24-15-21(2,25)19-12-7-13-27-19)23-14-16-8-4-5-11-18(16)26-17-9-6-10-17;/h4-5,7-8,11-13,17,25H,3,6,9-10,14-15H2,1-2H3,(H2,22,23,24);1H. The van der Waals surface area contributed by atoms with Gasteiger partial charge in [0.05, 0.1) is 19.2 Å². The molecule has 7 heteroatoms. The highest BCUT2D eigenvalue weighted by molar-refractivity contribution is 14.0. The predicted octanol–water partition coefficient (Wildman–Crippen LogP) is 4.26. The molecular formula is C21H30IN3O2S. The molecule has 1 unspecified atom stereocenters. The quantitative estimate of drug-likeness (QED) is 0.279. The second kappa shape index (κ2) is 11.0. The van der Waals surface area contributed by atoms with Crippen LogP contribution in [0.3, 0.4) is 0 Å².